The molecule has 3 aliphatic heterocycles. The first kappa shape index (κ1) is 32.4. The van der Waals surface area contributed by atoms with E-state index in [0.717, 1.165) is 63.9 Å². The number of hydrazone groups is 1. The molecule has 2 fully saturated rings. The summed E-state index contributed by atoms with van der Waals surface area (Å²) in [5.41, 5.74) is 4.44. The van der Waals surface area contributed by atoms with Gasteiger partial charge < -0.3 is 9.47 Å². The fraction of sp³-hybridized carbons (Fsp3) is 0.300. The molecule has 3 amide bonds. The van der Waals surface area contributed by atoms with Crippen LogP contribution in [-0.2, 0) is 14.4 Å². The quantitative estimate of drug-likeness (QED) is 0.180. The summed E-state index contributed by atoms with van der Waals surface area (Å²) < 4.78 is 11.3. The maximum atomic E-state index is 14.4. The topological polar surface area (TPSA) is 116 Å². The molecule has 0 aromatic heterocycles. The molecule has 0 radical (unpaired) electrons. The predicted molar refractivity (Wildman–Crippen MR) is 193 cm³/mol. The highest BCUT2D eigenvalue weighted by molar-refractivity contribution is 6.27. The van der Waals surface area contributed by atoms with Crippen LogP contribution in [0.4, 0.5) is 5.69 Å². The SMILES string of the molecule is CCOc1ccc(/C=C2\CCC[C@@H]3C2=NN(C(=O)CN2N=N[C@@H]4C(=O)N(c5cccc6ccccc56)C(=O)[C@@H]42)[C@@H]3c2ccc(OCC)cc2)cc1. The average molecular weight is 683 g/mol. The van der Waals surface area contributed by atoms with Crippen molar-refractivity contribution in [1.29, 1.82) is 0 Å². The zero-order valence-corrected chi connectivity index (χ0v) is 28.5. The van der Waals surface area contributed by atoms with Gasteiger partial charge in [-0.3, -0.25) is 19.4 Å². The fourth-order valence-electron chi connectivity index (χ4n) is 7.70. The first-order valence-electron chi connectivity index (χ1n) is 17.5. The number of allylic oxidation sites excluding steroid dienone is 1. The Bertz CT molecular complexity index is 2090. The van der Waals surface area contributed by atoms with Crippen LogP contribution in [0.3, 0.4) is 0 Å². The van der Waals surface area contributed by atoms with Crippen LogP contribution in [0.15, 0.2) is 112 Å². The number of carbonyl (C=O) groups is 3. The Kier molecular flexibility index (Phi) is 8.55. The van der Waals surface area contributed by atoms with Gasteiger partial charge in [0.1, 0.15) is 18.0 Å². The lowest BCUT2D eigenvalue weighted by atomic mass is 9.77. The van der Waals surface area contributed by atoms with Gasteiger partial charge in [-0.05, 0) is 91.6 Å². The van der Waals surface area contributed by atoms with Crippen molar-refractivity contribution in [3.05, 3.63) is 108 Å². The van der Waals surface area contributed by atoms with E-state index >= 15 is 0 Å². The average Bonchev–Trinajstić information content (AvgIpc) is 3.82. The Morgan fingerprint density at radius 2 is 1.55 bits per heavy atom. The molecule has 4 aromatic rings. The molecule has 1 saturated carbocycles. The summed E-state index contributed by atoms with van der Waals surface area (Å²) in [6.45, 7) is 4.79. The van der Waals surface area contributed by atoms with Crippen molar-refractivity contribution in [3.8, 4) is 11.5 Å². The molecule has 4 atom stereocenters. The number of hydrogen-bond donors (Lipinski definition) is 0. The van der Waals surface area contributed by atoms with Crippen LogP contribution in [-0.4, -0.2) is 65.3 Å². The number of anilines is 1. The first-order chi connectivity index (χ1) is 24.9. The van der Waals surface area contributed by atoms with Crippen LogP contribution in [0.25, 0.3) is 16.8 Å². The number of carbonyl (C=O) groups excluding carboxylic acids is 3. The Labute approximate surface area is 295 Å². The van der Waals surface area contributed by atoms with E-state index in [1.807, 2.05) is 98.8 Å². The third-order valence-corrected chi connectivity index (χ3v) is 9.98. The van der Waals surface area contributed by atoms with E-state index in [4.69, 9.17) is 14.6 Å². The van der Waals surface area contributed by atoms with E-state index in [9.17, 15) is 14.4 Å². The number of hydrogen-bond acceptors (Lipinski definition) is 9. The lowest BCUT2D eigenvalue weighted by Crippen LogP contribution is -2.45. The van der Waals surface area contributed by atoms with Gasteiger partial charge in [-0.25, -0.2) is 9.91 Å². The smallest absolute Gasteiger partial charge is 0.264 e. The van der Waals surface area contributed by atoms with Crippen LogP contribution >= 0.6 is 0 Å². The van der Waals surface area contributed by atoms with Crippen LogP contribution in [0, 0.1) is 5.92 Å². The van der Waals surface area contributed by atoms with Crippen molar-refractivity contribution >= 4 is 46.0 Å². The molecule has 11 nitrogen and oxygen atoms in total. The zero-order chi connectivity index (χ0) is 35.1. The van der Waals surface area contributed by atoms with Crippen molar-refractivity contribution in [2.45, 2.75) is 51.2 Å². The molecule has 11 heteroatoms. The minimum Gasteiger partial charge on any atom is -0.494 e. The van der Waals surface area contributed by atoms with E-state index in [0.29, 0.717) is 18.9 Å². The van der Waals surface area contributed by atoms with Gasteiger partial charge in [-0.1, -0.05) is 65.9 Å². The second kappa shape index (κ2) is 13.5. The number of fused-ring (bicyclic) bond motifs is 3. The molecule has 4 aromatic carbocycles. The molecule has 1 aliphatic carbocycles. The van der Waals surface area contributed by atoms with Gasteiger partial charge in [0.25, 0.3) is 17.7 Å². The Hall–Kier alpha value is -5.84. The second-order valence-electron chi connectivity index (χ2n) is 13.0. The molecule has 0 unspecified atom stereocenters. The highest BCUT2D eigenvalue weighted by Gasteiger charge is 2.56. The third kappa shape index (κ3) is 5.82. The normalized spacial score (nSPS) is 23.2. The van der Waals surface area contributed by atoms with Crippen LogP contribution in [0.5, 0.6) is 11.5 Å². The first-order valence-corrected chi connectivity index (χ1v) is 17.5. The second-order valence-corrected chi connectivity index (χ2v) is 13.0. The summed E-state index contributed by atoms with van der Waals surface area (Å²) in [7, 11) is 0. The van der Waals surface area contributed by atoms with E-state index in [1.165, 1.54) is 9.91 Å². The Morgan fingerprint density at radius 3 is 2.29 bits per heavy atom. The lowest BCUT2D eigenvalue weighted by Gasteiger charge is -2.30. The van der Waals surface area contributed by atoms with Crippen molar-refractivity contribution in [2.24, 2.45) is 21.4 Å². The zero-order valence-electron chi connectivity index (χ0n) is 28.5. The molecule has 51 heavy (non-hydrogen) atoms. The summed E-state index contributed by atoms with van der Waals surface area (Å²) in [4.78, 5) is 43.2. The Morgan fingerprint density at radius 1 is 0.843 bits per heavy atom. The monoisotopic (exact) mass is 682 g/mol. The summed E-state index contributed by atoms with van der Waals surface area (Å²) in [6.07, 6.45) is 4.80. The standard InChI is InChI=1S/C40H38N6O5/c1-3-50-29-19-15-25(16-20-29)23-28-11-7-13-32-35(28)42-46(37(32)27-17-21-30(22-18-27)51-4-2)34(47)24-44-38-36(41-43-44)39(48)45(40(38)49)33-14-8-10-26-9-5-6-12-31(26)33/h5-6,8-10,12,14-23,32,36-38H,3-4,7,11,13,24H2,1-2H3/b28-23+/t32-,36+,37-,38-/m1/s1. The number of imide groups is 1. The van der Waals surface area contributed by atoms with E-state index in [2.05, 4.69) is 16.4 Å². The van der Waals surface area contributed by atoms with Gasteiger partial charge in [0, 0.05) is 11.3 Å². The molecule has 3 heterocycles. The molecular formula is C40H38N6O5. The summed E-state index contributed by atoms with van der Waals surface area (Å²) in [5.74, 6) is 0.295. The molecule has 4 aliphatic rings. The highest BCUT2D eigenvalue weighted by Crippen LogP contribution is 2.45. The minimum atomic E-state index is -1.03. The summed E-state index contributed by atoms with van der Waals surface area (Å²) in [5, 5.41) is 18.0. The maximum Gasteiger partial charge on any atom is 0.264 e. The van der Waals surface area contributed by atoms with Crippen LogP contribution < -0.4 is 14.4 Å². The number of amides is 3. The van der Waals surface area contributed by atoms with Gasteiger partial charge in [0.2, 0.25) is 0 Å². The molecular weight excluding hydrogens is 644 g/mol. The highest BCUT2D eigenvalue weighted by atomic mass is 16.5. The van der Waals surface area contributed by atoms with Crippen molar-refractivity contribution in [2.75, 3.05) is 24.7 Å². The molecule has 0 bridgehead atoms. The number of ether oxygens (including phenoxy) is 2. The van der Waals surface area contributed by atoms with E-state index in [1.54, 1.807) is 11.1 Å². The van der Waals surface area contributed by atoms with Crippen LogP contribution in [0.2, 0.25) is 0 Å². The molecule has 0 N–H and O–H groups in total. The largest absolute Gasteiger partial charge is 0.494 e. The number of rotatable bonds is 9. The maximum absolute atomic E-state index is 14.4. The van der Waals surface area contributed by atoms with Crippen LogP contribution in [0.1, 0.15) is 50.3 Å². The summed E-state index contributed by atoms with van der Waals surface area (Å²) in [6, 6.07) is 26.5. The van der Waals surface area contributed by atoms with Crippen molar-refractivity contribution in [3.63, 3.8) is 0 Å². The summed E-state index contributed by atoms with van der Waals surface area (Å²) >= 11 is 0. The van der Waals surface area contributed by atoms with E-state index in [-0.39, 0.29) is 24.4 Å². The van der Waals surface area contributed by atoms with Gasteiger partial charge in [-0.2, -0.15) is 10.2 Å². The third-order valence-electron chi connectivity index (χ3n) is 9.98. The molecule has 0 spiro atoms. The lowest BCUT2D eigenvalue weighted by molar-refractivity contribution is -0.136. The van der Waals surface area contributed by atoms with Crippen molar-refractivity contribution in [1.82, 2.24) is 10.0 Å². The van der Waals surface area contributed by atoms with Crippen molar-refractivity contribution < 1.29 is 23.9 Å². The molecule has 1 saturated heterocycles. The van der Waals surface area contributed by atoms with Gasteiger partial charge >= 0.3 is 0 Å². The Balaban J connectivity index is 1.09. The van der Waals surface area contributed by atoms with Gasteiger partial charge in [0.05, 0.1) is 30.7 Å². The minimum absolute atomic E-state index is 0.0286. The van der Waals surface area contributed by atoms with E-state index < -0.39 is 23.9 Å². The fourth-order valence-corrected chi connectivity index (χ4v) is 7.70. The number of nitrogens with zero attached hydrogens (tertiary/aromatic N) is 6. The molecule has 8 rings (SSSR count). The molecule has 258 valence electrons. The predicted octanol–water partition coefficient (Wildman–Crippen LogP) is 6.75. The van der Waals surface area contributed by atoms with Gasteiger partial charge in [-0.15, -0.1) is 0 Å². The number of benzene rings is 4. The van der Waals surface area contributed by atoms with Gasteiger partial charge in [0.15, 0.2) is 12.1 Å².